The molecule has 1 rings (SSSR count). The molecule has 0 aliphatic rings. The Balaban J connectivity index is 2.32. The summed E-state index contributed by atoms with van der Waals surface area (Å²) in [6.07, 6.45) is 1.78. The fourth-order valence-corrected chi connectivity index (χ4v) is 2.51. The zero-order chi connectivity index (χ0) is 12.7. The third-order valence-corrected chi connectivity index (χ3v) is 3.91. The third kappa shape index (κ3) is 4.48. The summed E-state index contributed by atoms with van der Waals surface area (Å²) >= 11 is 1.74. The molecule has 0 radical (unpaired) electrons. The second-order valence-corrected chi connectivity index (χ2v) is 5.15. The van der Waals surface area contributed by atoms with Crippen LogP contribution in [0.3, 0.4) is 0 Å². The van der Waals surface area contributed by atoms with Crippen LogP contribution in [0.1, 0.15) is 25.1 Å². The third-order valence-electron chi connectivity index (χ3n) is 2.97. The van der Waals surface area contributed by atoms with E-state index in [2.05, 4.69) is 35.5 Å². The van der Waals surface area contributed by atoms with E-state index in [1.807, 2.05) is 13.1 Å². The lowest BCUT2D eigenvalue weighted by Crippen LogP contribution is -2.45. The number of likely N-dealkylation sites (N-methyl/N-ethyl adjacent to an activating group) is 1. The molecule has 1 aromatic heterocycles. The van der Waals surface area contributed by atoms with Gasteiger partial charge in [-0.05, 0) is 37.9 Å². The first-order valence-electron chi connectivity index (χ1n) is 6.19. The number of rotatable bonds is 7. The van der Waals surface area contributed by atoms with Gasteiger partial charge in [-0.3, -0.25) is 9.69 Å². The molecule has 4 heteroatoms. The van der Waals surface area contributed by atoms with E-state index in [1.54, 1.807) is 11.3 Å². The summed E-state index contributed by atoms with van der Waals surface area (Å²) in [6.45, 7) is 5.75. The van der Waals surface area contributed by atoms with Gasteiger partial charge in [0, 0.05) is 11.4 Å². The molecule has 0 spiro atoms. The molecule has 0 aliphatic carbocycles. The quantitative estimate of drug-likeness (QED) is 0.808. The van der Waals surface area contributed by atoms with Crippen molar-refractivity contribution < 1.29 is 4.79 Å². The van der Waals surface area contributed by atoms with Crippen LogP contribution >= 0.6 is 11.3 Å². The van der Waals surface area contributed by atoms with E-state index in [0.717, 1.165) is 25.9 Å². The minimum Gasteiger partial charge on any atom is -0.354 e. The van der Waals surface area contributed by atoms with Crippen molar-refractivity contribution >= 4 is 17.2 Å². The molecule has 17 heavy (non-hydrogen) atoms. The summed E-state index contributed by atoms with van der Waals surface area (Å²) < 4.78 is 0. The predicted molar refractivity (Wildman–Crippen MR) is 73.4 cm³/mol. The van der Waals surface area contributed by atoms with Crippen molar-refractivity contribution in [3.05, 3.63) is 22.4 Å². The average molecular weight is 254 g/mol. The Morgan fingerprint density at radius 3 is 2.82 bits per heavy atom. The molecule has 0 aliphatic heterocycles. The lowest BCUT2D eigenvalue weighted by molar-refractivity contribution is -0.126. The van der Waals surface area contributed by atoms with E-state index in [0.29, 0.717) is 0 Å². The number of thiophene rings is 1. The standard InChI is InChI=1S/C13H22N2OS/c1-4-12(15(3)5-2)13(16)14-9-8-11-7-6-10-17-11/h6-7,10,12H,4-5,8-9H2,1-3H3,(H,14,16). The number of amides is 1. The number of hydrogen-bond donors (Lipinski definition) is 1. The first-order valence-corrected chi connectivity index (χ1v) is 7.07. The van der Waals surface area contributed by atoms with Crippen molar-refractivity contribution in [3.63, 3.8) is 0 Å². The summed E-state index contributed by atoms with van der Waals surface area (Å²) in [5.41, 5.74) is 0. The normalized spacial score (nSPS) is 12.7. The molecule has 1 amide bonds. The van der Waals surface area contributed by atoms with Gasteiger partial charge in [0.05, 0.1) is 6.04 Å². The number of carbonyl (C=O) groups excluding carboxylic acids is 1. The van der Waals surface area contributed by atoms with E-state index in [9.17, 15) is 4.79 Å². The molecule has 1 N–H and O–H groups in total. The highest BCUT2D eigenvalue weighted by Gasteiger charge is 2.19. The Labute approximate surface area is 108 Å². The molecule has 0 saturated heterocycles. The largest absolute Gasteiger partial charge is 0.354 e. The van der Waals surface area contributed by atoms with Crippen molar-refractivity contribution in [1.29, 1.82) is 0 Å². The Hall–Kier alpha value is -0.870. The fourth-order valence-electron chi connectivity index (χ4n) is 1.80. The number of nitrogens with zero attached hydrogens (tertiary/aromatic N) is 1. The lowest BCUT2D eigenvalue weighted by Gasteiger charge is -2.24. The highest BCUT2D eigenvalue weighted by atomic mass is 32.1. The van der Waals surface area contributed by atoms with Crippen molar-refractivity contribution in [2.75, 3.05) is 20.1 Å². The average Bonchev–Trinajstić information content (AvgIpc) is 2.82. The maximum atomic E-state index is 12.0. The summed E-state index contributed by atoms with van der Waals surface area (Å²) in [7, 11) is 1.99. The van der Waals surface area contributed by atoms with Crippen molar-refractivity contribution in [3.8, 4) is 0 Å². The molecule has 96 valence electrons. The number of hydrogen-bond acceptors (Lipinski definition) is 3. The van der Waals surface area contributed by atoms with Crippen molar-refractivity contribution in [2.45, 2.75) is 32.7 Å². The zero-order valence-electron chi connectivity index (χ0n) is 10.9. The van der Waals surface area contributed by atoms with Crippen LogP contribution in [0.2, 0.25) is 0 Å². The van der Waals surface area contributed by atoms with E-state index in [-0.39, 0.29) is 11.9 Å². The topological polar surface area (TPSA) is 32.3 Å². The number of carbonyl (C=O) groups is 1. The molecule has 1 unspecified atom stereocenters. The summed E-state index contributed by atoms with van der Waals surface area (Å²) in [4.78, 5) is 15.4. The second kappa shape index (κ2) is 7.45. The molecule has 0 saturated carbocycles. The van der Waals surface area contributed by atoms with Gasteiger partial charge in [-0.2, -0.15) is 0 Å². The first-order chi connectivity index (χ1) is 8.19. The molecule has 0 aromatic carbocycles. The van der Waals surface area contributed by atoms with Crippen LogP contribution in [-0.4, -0.2) is 37.0 Å². The van der Waals surface area contributed by atoms with Gasteiger partial charge in [-0.25, -0.2) is 0 Å². The van der Waals surface area contributed by atoms with Gasteiger partial charge in [0.2, 0.25) is 5.91 Å². The Morgan fingerprint density at radius 2 is 2.29 bits per heavy atom. The molecule has 0 bridgehead atoms. The van der Waals surface area contributed by atoms with Gasteiger partial charge in [0.25, 0.3) is 0 Å². The lowest BCUT2D eigenvalue weighted by atomic mass is 10.2. The maximum Gasteiger partial charge on any atom is 0.237 e. The predicted octanol–water partition coefficient (Wildman–Crippen LogP) is 2.14. The highest BCUT2D eigenvalue weighted by molar-refractivity contribution is 7.09. The fraction of sp³-hybridized carbons (Fsp3) is 0.615. The molecule has 0 fully saturated rings. The van der Waals surface area contributed by atoms with E-state index >= 15 is 0 Å². The van der Waals surface area contributed by atoms with Crippen LogP contribution in [0.25, 0.3) is 0 Å². The van der Waals surface area contributed by atoms with Gasteiger partial charge in [0.15, 0.2) is 0 Å². The van der Waals surface area contributed by atoms with Crippen molar-refractivity contribution in [2.24, 2.45) is 0 Å². The van der Waals surface area contributed by atoms with Crippen LogP contribution < -0.4 is 5.32 Å². The second-order valence-electron chi connectivity index (χ2n) is 4.12. The Kier molecular flexibility index (Phi) is 6.22. The Bertz CT molecular complexity index is 324. The summed E-state index contributed by atoms with van der Waals surface area (Å²) in [5.74, 6) is 0.147. The van der Waals surface area contributed by atoms with Crippen LogP contribution in [0, 0.1) is 0 Å². The molecular weight excluding hydrogens is 232 g/mol. The highest BCUT2D eigenvalue weighted by Crippen LogP contribution is 2.08. The van der Waals surface area contributed by atoms with Gasteiger partial charge in [-0.1, -0.05) is 19.9 Å². The first kappa shape index (κ1) is 14.2. The monoisotopic (exact) mass is 254 g/mol. The van der Waals surface area contributed by atoms with Crippen LogP contribution in [0.4, 0.5) is 0 Å². The van der Waals surface area contributed by atoms with Gasteiger partial charge in [-0.15, -0.1) is 11.3 Å². The van der Waals surface area contributed by atoms with Crippen LogP contribution in [-0.2, 0) is 11.2 Å². The number of nitrogens with one attached hydrogen (secondary N) is 1. The molecule has 1 aromatic rings. The summed E-state index contributed by atoms with van der Waals surface area (Å²) in [5, 5.41) is 5.08. The van der Waals surface area contributed by atoms with Crippen LogP contribution in [0.5, 0.6) is 0 Å². The van der Waals surface area contributed by atoms with Gasteiger partial charge in [0.1, 0.15) is 0 Å². The van der Waals surface area contributed by atoms with Crippen LogP contribution in [0.15, 0.2) is 17.5 Å². The van der Waals surface area contributed by atoms with Gasteiger partial charge < -0.3 is 5.32 Å². The smallest absolute Gasteiger partial charge is 0.237 e. The minimum absolute atomic E-state index is 0.00309. The van der Waals surface area contributed by atoms with E-state index < -0.39 is 0 Å². The maximum absolute atomic E-state index is 12.0. The van der Waals surface area contributed by atoms with Gasteiger partial charge >= 0.3 is 0 Å². The van der Waals surface area contributed by atoms with E-state index in [4.69, 9.17) is 0 Å². The van der Waals surface area contributed by atoms with Crippen molar-refractivity contribution in [1.82, 2.24) is 10.2 Å². The molecule has 1 atom stereocenters. The molecular formula is C13H22N2OS. The molecule has 3 nitrogen and oxygen atoms in total. The SMILES string of the molecule is CCC(C(=O)NCCc1cccs1)N(C)CC. The minimum atomic E-state index is 0.00309. The zero-order valence-corrected chi connectivity index (χ0v) is 11.7. The Morgan fingerprint density at radius 1 is 1.53 bits per heavy atom. The van der Waals surface area contributed by atoms with E-state index in [1.165, 1.54) is 4.88 Å². The molecule has 1 heterocycles. The summed E-state index contributed by atoms with van der Waals surface area (Å²) in [6, 6.07) is 4.15.